The molecule has 0 spiro atoms. The van der Waals surface area contributed by atoms with Crippen molar-refractivity contribution in [2.45, 2.75) is 44.2 Å². The Morgan fingerprint density at radius 3 is 2.47 bits per heavy atom. The highest BCUT2D eigenvalue weighted by molar-refractivity contribution is 14.0. The first-order valence-electron chi connectivity index (χ1n) is 10.3. The highest BCUT2D eigenvalue weighted by Crippen LogP contribution is 2.19. The summed E-state index contributed by atoms with van der Waals surface area (Å²) in [5, 5.41) is 11.9. The van der Waals surface area contributed by atoms with Crippen LogP contribution in [0, 0.1) is 5.92 Å². The van der Waals surface area contributed by atoms with Crippen LogP contribution in [0.15, 0.2) is 34.2 Å². The molecule has 0 saturated carbocycles. The van der Waals surface area contributed by atoms with Crippen LogP contribution in [-0.4, -0.2) is 65.2 Å². The number of guanidine groups is 1. The predicted octanol–water partition coefficient (Wildman–Crippen LogP) is 1.75. The molecule has 1 aromatic rings. The number of ether oxygens (including phenoxy) is 1. The van der Waals surface area contributed by atoms with Crippen LogP contribution in [0.3, 0.4) is 0 Å². The average molecular weight is 554 g/mol. The van der Waals surface area contributed by atoms with Crippen molar-refractivity contribution >= 4 is 40.0 Å². The zero-order valence-corrected chi connectivity index (χ0v) is 21.3. The van der Waals surface area contributed by atoms with Crippen molar-refractivity contribution in [2.75, 3.05) is 39.9 Å². The lowest BCUT2D eigenvalue weighted by Crippen LogP contribution is -2.53. The Hall–Kier alpha value is -0.950. The van der Waals surface area contributed by atoms with Gasteiger partial charge in [0.15, 0.2) is 5.96 Å². The van der Waals surface area contributed by atoms with E-state index in [-0.39, 0.29) is 28.9 Å². The molecular weight excluding hydrogens is 517 g/mol. The number of nitrogens with one attached hydrogen (secondary N) is 2. The Kier molecular flexibility index (Phi) is 12.2. The quantitative estimate of drug-likeness (QED) is 0.244. The lowest BCUT2D eigenvalue weighted by molar-refractivity contribution is 0.00272. The molecule has 0 radical (unpaired) electrons. The third-order valence-electron chi connectivity index (χ3n) is 5.50. The maximum Gasteiger partial charge on any atom is 0.238 e. The van der Waals surface area contributed by atoms with Crippen molar-refractivity contribution in [3.05, 3.63) is 29.8 Å². The van der Waals surface area contributed by atoms with Gasteiger partial charge in [-0.25, -0.2) is 13.6 Å². The molecule has 0 aliphatic carbocycles. The monoisotopic (exact) mass is 553 g/mol. The minimum absolute atomic E-state index is 0. The fraction of sp³-hybridized carbons (Fsp3) is 0.650. The molecule has 0 bridgehead atoms. The van der Waals surface area contributed by atoms with Gasteiger partial charge in [0.2, 0.25) is 10.0 Å². The topological polar surface area (TPSA) is 109 Å². The molecule has 1 fully saturated rings. The largest absolute Gasteiger partial charge is 0.379 e. The summed E-state index contributed by atoms with van der Waals surface area (Å²) in [4.78, 5) is 6.93. The van der Waals surface area contributed by atoms with E-state index in [0.29, 0.717) is 24.5 Å². The van der Waals surface area contributed by atoms with Gasteiger partial charge in [-0.2, -0.15) is 0 Å². The Morgan fingerprint density at radius 1 is 1.23 bits per heavy atom. The summed E-state index contributed by atoms with van der Waals surface area (Å²) in [5.41, 5.74) is 0.823. The fourth-order valence-corrected chi connectivity index (χ4v) is 4.36. The summed E-state index contributed by atoms with van der Waals surface area (Å²) in [5.74, 6) is 1.29. The van der Waals surface area contributed by atoms with Gasteiger partial charge in [-0.1, -0.05) is 38.8 Å². The second kappa shape index (κ2) is 13.5. The van der Waals surface area contributed by atoms with Crippen molar-refractivity contribution in [1.82, 2.24) is 15.5 Å². The molecule has 4 N–H and O–H groups in total. The van der Waals surface area contributed by atoms with Gasteiger partial charge in [0, 0.05) is 39.3 Å². The Labute approximate surface area is 198 Å². The van der Waals surface area contributed by atoms with Crippen LogP contribution in [0.25, 0.3) is 0 Å². The average Bonchev–Trinajstić information content (AvgIpc) is 2.73. The number of rotatable bonds is 9. The van der Waals surface area contributed by atoms with Gasteiger partial charge in [-0.05, 0) is 23.6 Å². The molecule has 2 rings (SSSR count). The maximum absolute atomic E-state index is 11.5. The van der Waals surface area contributed by atoms with E-state index >= 15 is 0 Å². The molecule has 172 valence electrons. The van der Waals surface area contributed by atoms with Gasteiger partial charge in [0.25, 0.3) is 0 Å². The third kappa shape index (κ3) is 8.29. The summed E-state index contributed by atoms with van der Waals surface area (Å²) in [6.45, 7) is 9.21. The van der Waals surface area contributed by atoms with Crippen LogP contribution in [0.4, 0.5) is 0 Å². The summed E-state index contributed by atoms with van der Waals surface area (Å²) in [7, 11) is -1.98. The number of hydrogen-bond acceptors (Lipinski definition) is 5. The Morgan fingerprint density at radius 2 is 1.90 bits per heavy atom. The Bertz CT molecular complexity index is 765. The highest BCUT2D eigenvalue weighted by Gasteiger charge is 2.27. The minimum atomic E-state index is -3.71. The number of sulfonamides is 1. The summed E-state index contributed by atoms with van der Waals surface area (Å²) >= 11 is 0. The minimum Gasteiger partial charge on any atom is -0.379 e. The van der Waals surface area contributed by atoms with Crippen LogP contribution in [0.1, 0.15) is 32.3 Å². The molecule has 1 aromatic carbocycles. The number of morpholine rings is 1. The SMILES string of the molecule is CCC(CC)C(CNC(=NC)NCc1cccc(S(N)(=O)=O)c1)N1CCOCC1.I. The molecular formula is C20H36IN5O3S. The van der Waals surface area contributed by atoms with E-state index in [1.54, 1.807) is 19.2 Å². The highest BCUT2D eigenvalue weighted by atomic mass is 127. The summed E-state index contributed by atoms with van der Waals surface area (Å²) in [6, 6.07) is 7.04. The van der Waals surface area contributed by atoms with Gasteiger partial charge >= 0.3 is 0 Å². The van der Waals surface area contributed by atoms with Gasteiger partial charge < -0.3 is 15.4 Å². The lowest BCUT2D eigenvalue weighted by Gasteiger charge is -2.39. The van der Waals surface area contributed by atoms with E-state index < -0.39 is 10.0 Å². The first-order valence-corrected chi connectivity index (χ1v) is 11.8. The Balaban J connectivity index is 0.00000450. The number of nitrogens with zero attached hydrogens (tertiary/aromatic N) is 2. The number of aliphatic imine (C=N–C) groups is 1. The van der Waals surface area contributed by atoms with Gasteiger partial charge in [0.1, 0.15) is 0 Å². The molecule has 10 heteroatoms. The number of hydrogen-bond donors (Lipinski definition) is 3. The second-order valence-corrected chi connectivity index (χ2v) is 8.85. The maximum atomic E-state index is 11.5. The van der Waals surface area contributed by atoms with Crippen molar-refractivity contribution in [3.63, 3.8) is 0 Å². The van der Waals surface area contributed by atoms with Crippen LogP contribution in [-0.2, 0) is 21.3 Å². The van der Waals surface area contributed by atoms with Crippen molar-refractivity contribution in [1.29, 1.82) is 0 Å². The van der Waals surface area contributed by atoms with Crippen molar-refractivity contribution in [3.8, 4) is 0 Å². The molecule has 8 nitrogen and oxygen atoms in total. The van der Waals surface area contributed by atoms with Crippen LogP contribution < -0.4 is 15.8 Å². The first-order chi connectivity index (χ1) is 13.9. The first kappa shape index (κ1) is 27.1. The van der Waals surface area contributed by atoms with Crippen LogP contribution >= 0.6 is 24.0 Å². The molecule has 1 heterocycles. The number of halogens is 1. The van der Waals surface area contributed by atoms with Crippen LogP contribution in [0.5, 0.6) is 0 Å². The third-order valence-corrected chi connectivity index (χ3v) is 6.41. The summed E-state index contributed by atoms with van der Waals surface area (Å²) < 4.78 is 28.6. The molecule has 0 aromatic heterocycles. The van der Waals surface area contributed by atoms with Gasteiger partial charge in [0.05, 0.1) is 18.1 Å². The standard InChI is InChI=1S/C20H35N5O3S.HI/c1-4-17(5-2)19(25-9-11-28-12-10-25)15-24-20(22-3)23-14-16-7-6-8-18(13-16)29(21,26)27;/h6-8,13,17,19H,4-5,9-12,14-15H2,1-3H3,(H2,21,26,27)(H2,22,23,24);1H. The number of benzene rings is 1. The molecule has 1 atom stereocenters. The zero-order valence-electron chi connectivity index (χ0n) is 18.1. The van der Waals surface area contributed by atoms with E-state index in [0.717, 1.165) is 51.3 Å². The molecule has 1 aliphatic rings. The van der Waals surface area contributed by atoms with Crippen LogP contribution in [0.2, 0.25) is 0 Å². The molecule has 30 heavy (non-hydrogen) atoms. The lowest BCUT2D eigenvalue weighted by atomic mass is 9.92. The molecule has 1 saturated heterocycles. The smallest absolute Gasteiger partial charge is 0.238 e. The van der Waals surface area contributed by atoms with E-state index in [1.165, 1.54) is 6.07 Å². The molecule has 1 unspecified atom stereocenters. The predicted molar refractivity (Wildman–Crippen MR) is 132 cm³/mol. The summed E-state index contributed by atoms with van der Waals surface area (Å²) in [6.07, 6.45) is 2.26. The molecule has 1 aliphatic heterocycles. The number of nitrogens with two attached hydrogens (primary N) is 1. The molecule has 0 amide bonds. The fourth-order valence-electron chi connectivity index (χ4n) is 3.78. The second-order valence-electron chi connectivity index (χ2n) is 7.29. The van der Waals surface area contributed by atoms with E-state index in [1.807, 2.05) is 6.07 Å². The zero-order chi connectivity index (χ0) is 21.3. The normalized spacial score (nSPS) is 16.8. The number of primary sulfonamides is 1. The van der Waals surface area contributed by atoms with E-state index in [2.05, 4.69) is 34.4 Å². The van der Waals surface area contributed by atoms with E-state index in [4.69, 9.17) is 9.88 Å². The van der Waals surface area contributed by atoms with E-state index in [9.17, 15) is 8.42 Å². The van der Waals surface area contributed by atoms with Crippen molar-refractivity contribution < 1.29 is 13.2 Å². The van der Waals surface area contributed by atoms with Crippen molar-refractivity contribution in [2.24, 2.45) is 16.0 Å². The van der Waals surface area contributed by atoms with Gasteiger partial charge in [-0.3, -0.25) is 9.89 Å². The van der Waals surface area contributed by atoms with Gasteiger partial charge in [-0.15, -0.1) is 24.0 Å².